The van der Waals surface area contributed by atoms with Crippen LogP contribution in [0.5, 0.6) is 0 Å². The second-order valence-electron chi connectivity index (χ2n) is 6.68. The normalized spacial score (nSPS) is 25.1. The highest BCUT2D eigenvalue weighted by Gasteiger charge is 2.20. The Kier molecular flexibility index (Phi) is 6.62. The smallest absolute Gasteiger partial charge is 0.0220 e. The molecule has 0 amide bonds. The summed E-state index contributed by atoms with van der Waals surface area (Å²) in [6.45, 7) is 5.09. The van der Waals surface area contributed by atoms with Crippen molar-refractivity contribution in [3.63, 3.8) is 0 Å². The zero-order chi connectivity index (χ0) is 13.5. The first kappa shape index (κ1) is 15.3. The number of likely N-dealkylation sites (N-methyl/N-ethyl adjacent to an activating group) is 2. The fourth-order valence-corrected chi connectivity index (χ4v) is 3.11. The van der Waals surface area contributed by atoms with Gasteiger partial charge in [0.2, 0.25) is 0 Å². The maximum atomic E-state index is 3.60. The fourth-order valence-electron chi connectivity index (χ4n) is 3.11. The van der Waals surface area contributed by atoms with E-state index in [0.29, 0.717) is 0 Å². The molecule has 1 N–H and O–H groups in total. The standard InChI is InChI=1S/C16H33N3/c1-18-12-7-8-16(14-18)19(2)13-6-4-3-5-11-17-15-9-10-15/h15-17H,3-14H2,1-2H3. The van der Waals surface area contributed by atoms with Crippen LogP contribution in [0.25, 0.3) is 0 Å². The molecule has 1 unspecified atom stereocenters. The molecule has 1 saturated carbocycles. The van der Waals surface area contributed by atoms with Gasteiger partial charge in [0.25, 0.3) is 0 Å². The van der Waals surface area contributed by atoms with E-state index in [9.17, 15) is 0 Å². The Morgan fingerprint density at radius 3 is 2.63 bits per heavy atom. The largest absolute Gasteiger partial charge is 0.314 e. The molecule has 0 spiro atoms. The molecule has 1 atom stereocenters. The molecule has 0 bridgehead atoms. The lowest BCUT2D eigenvalue weighted by atomic mass is 10.0. The van der Waals surface area contributed by atoms with Crippen LogP contribution in [0.3, 0.4) is 0 Å². The van der Waals surface area contributed by atoms with Gasteiger partial charge in [0.1, 0.15) is 0 Å². The summed E-state index contributed by atoms with van der Waals surface area (Å²) in [6.07, 6.45) is 11.1. The van der Waals surface area contributed by atoms with Crippen LogP contribution in [0, 0.1) is 0 Å². The molecular weight excluding hydrogens is 234 g/mol. The van der Waals surface area contributed by atoms with Gasteiger partial charge in [-0.1, -0.05) is 12.8 Å². The second-order valence-corrected chi connectivity index (χ2v) is 6.68. The Balaban J connectivity index is 1.43. The van der Waals surface area contributed by atoms with Crippen LogP contribution in [-0.2, 0) is 0 Å². The van der Waals surface area contributed by atoms with Crippen molar-refractivity contribution in [1.29, 1.82) is 0 Å². The van der Waals surface area contributed by atoms with Crippen molar-refractivity contribution in [3.8, 4) is 0 Å². The molecule has 0 radical (unpaired) electrons. The van der Waals surface area contributed by atoms with E-state index in [4.69, 9.17) is 0 Å². The quantitative estimate of drug-likeness (QED) is 0.647. The first-order valence-corrected chi connectivity index (χ1v) is 8.38. The van der Waals surface area contributed by atoms with Gasteiger partial charge in [-0.3, -0.25) is 0 Å². The first-order valence-electron chi connectivity index (χ1n) is 8.38. The van der Waals surface area contributed by atoms with Gasteiger partial charge in [-0.25, -0.2) is 0 Å². The highest BCUT2D eigenvalue weighted by molar-refractivity contribution is 4.80. The molecule has 19 heavy (non-hydrogen) atoms. The number of hydrogen-bond donors (Lipinski definition) is 1. The van der Waals surface area contributed by atoms with Gasteiger partial charge < -0.3 is 15.1 Å². The van der Waals surface area contributed by atoms with Crippen molar-refractivity contribution in [2.75, 3.05) is 40.3 Å². The lowest BCUT2D eigenvalue weighted by molar-refractivity contribution is 0.133. The van der Waals surface area contributed by atoms with Crippen LogP contribution in [0.2, 0.25) is 0 Å². The van der Waals surface area contributed by atoms with Crippen LogP contribution in [0.4, 0.5) is 0 Å². The van der Waals surface area contributed by atoms with E-state index in [1.54, 1.807) is 0 Å². The summed E-state index contributed by atoms with van der Waals surface area (Å²) in [5.41, 5.74) is 0. The first-order chi connectivity index (χ1) is 9.25. The third kappa shape index (κ3) is 6.24. The van der Waals surface area contributed by atoms with Gasteiger partial charge >= 0.3 is 0 Å². The van der Waals surface area contributed by atoms with E-state index >= 15 is 0 Å². The summed E-state index contributed by atoms with van der Waals surface area (Å²) >= 11 is 0. The van der Waals surface area contributed by atoms with Crippen molar-refractivity contribution >= 4 is 0 Å². The van der Waals surface area contributed by atoms with Gasteiger partial charge in [-0.05, 0) is 72.3 Å². The number of likely N-dealkylation sites (tertiary alicyclic amines) is 1. The maximum absolute atomic E-state index is 3.60. The Hall–Kier alpha value is -0.120. The number of unbranched alkanes of at least 4 members (excludes halogenated alkanes) is 3. The van der Waals surface area contributed by atoms with E-state index < -0.39 is 0 Å². The number of rotatable bonds is 9. The number of nitrogens with zero attached hydrogens (tertiary/aromatic N) is 2. The van der Waals surface area contributed by atoms with E-state index in [2.05, 4.69) is 29.2 Å². The molecular formula is C16H33N3. The van der Waals surface area contributed by atoms with E-state index in [1.165, 1.54) is 77.5 Å². The van der Waals surface area contributed by atoms with Gasteiger partial charge in [-0.2, -0.15) is 0 Å². The van der Waals surface area contributed by atoms with Crippen LogP contribution in [0.15, 0.2) is 0 Å². The molecule has 2 fully saturated rings. The van der Waals surface area contributed by atoms with Crippen LogP contribution < -0.4 is 5.32 Å². The van der Waals surface area contributed by atoms with Crippen molar-refractivity contribution < 1.29 is 0 Å². The van der Waals surface area contributed by atoms with Crippen LogP contribution in [-0.4, -0.2) is 62.2 Å². The van der Waals surface area contributed by atoms with Gasteiger partial charge in [0.05, 0.1) is 0 Å². The third-order valence-electron chi connectivity index (χ3n) is 4.67. The molecule has 3 nitrogen and oxygen atoms in total. The number of piperidine rings is 1. The zero-order valence-corrected chi connectivity index (χ0v) is 13.0. The predicted octanol–water partition coefficient (Wildman–Crippen LogP) is 2.32. The Bertz CT molecular complexity index is 240. The molecule has 1 aliphatic heterocycles. The Labute approximate surface area is 119 Å². The summed E-state index contributed by atoms with van der Waals surface area (Å²) in [5.74, 6) is 0. The lowest BCUT2D eigenvalue weighted by Gasteiger charge is -2.35. The average molecular weight is 267 g/mol. The second kappa shape index (κ2) is 8.23. The lowest BCUT2D eigenvalue weighted by Crippen LogP contribution is -2.45. The predicted molar refractivity (Wildman–Crippen MR) is 82.6 cm³/mol. The SMILES string of the molecule is CN1CCCC(N(C)CCCCCCNC2CC2)C1. The topological polar surface area (TPSA) is 18.5 Å². The molecule has 2 rings (SSSR count). The van der Waals surface area contributed by atoms with Crippen LogP contribution in [0.1, 0.15) is 51.4 Å². The molecule has 2 aliphatic rings. The molecule has 0 aromatic heterocycles. The zero-order valence-electron chi connectivity index (χ0n) is 13.0. The molecule has 0 aromatic rings. The van der Waals surface area contributed by atoms with Crippen molar-refractivity contribution in [2.24, 2.45) is 0 Å². The van der Waals surface area contributed by atoms with Crippen LogP contribution >= 0.6 is 0 Å². The van der Waals surface area contributed by atoms with E-state index in [0.717, 1.165) is 12.1 Å². The minimum Gasteiger partial charge on any atom is -0.314 e. The minimum absolute atomic E-state index is 0.801. The average Bonchev–Trinajstić information content (AvgIpc) is 3.21. The van der Waals surface area contributed by atoms with Crippen molar-refractivity contribution in [2.45, 2.75) is 63.5 Å². The minimum atomic E-state index is 0.801. The van der Waals surface area contributed by atoms with Gasteiger partial charge in [0.15, 0.2) is 0 Å². The Morgan fingerprint density at radius 2 is 1.89 bits per heavy atom. The molecule has 112 valence electrons. The monoisotopic (exact) mass is 267 g/mol. The van der Waals surface area contributed by atoms with Crippen molar-refractivity contribution in [3.05, 3.63) is 0 Å². The summed E-state index contributed by atoms with van der Waals surface area (Å²) in [6, 6.07) is 1.68. The summed E-state index contributed by atoms with van der Waals surface area (Å²) < 4.78 is 0. The van der Waals surface area contributed by atoms with E-state index in [1.807, 2.05) is 0 Å². The van der Waals surface area contributed by atoms with Gasteiger partial charge in [-0.15, -0.1) is 0 Å². The van der Waals surface area contributed by atoms with Crippen molar-refractivity contribution in [1.82, 2.24) is 15.1 Å². The number of nitrogens with one attached hydrogen (secondary N) is 1. The highest BCUT2D eigenvalue weighted by Crippen LogP contribution is 2.18. The fraction of sp³-hybridized carbons (Fsp3) is 1.00. The summed E-state index contributed by atoms with van der Waals surface area (Å²) in [7, 11) is 4.57. The molecule has 1 aliphatic carbocycles. The molecule has 3 heteroatoms. The molecule has 1 saturated heterocycles. The maximum Gasteiger partial charge on any atom is 0.0220 e. The molecule has 0 aromatic carbocycles. The molecule has 1 heterocycles. The number of hydrogen-bond acceptors (Lipinski definition) is 3. The Morgan fingerprint density at radius 1 is 1.11 bits per heavy atom. The van der Waals surface area contributed by atoms with Gasteiger partial charge in [0, 0.05) is 18.6 Å². The van der Waals surface area contributed by atoms with E-state index in [-0.39, 0.29) is 0 Å². The third-order valence-corrected chi connectivity index (χ3v) is 4.67. The summed E-state index contributed by atoms with van der Waals surface area (Å²) in [5, 5.41) is 3.60. The highest BCUT2D eigenvalue weighted by atomic mass is 15.2. The summed E-state index contributed by atoms with van der Waals surface area (Å²) in [4.78, 5) is 5.08.